The Labute approximate surface area is 107 Å². The molecule has 1 fully saturated rings. The van der Waals surface area contributed by atoms with Crippen LogP contribution in [0.3, 0.4) is 0 Å². The summed E-state index contributed by atoms with van der Waals surface area (Å²) >= 11 is 1.53. The summed E-state index contributed by atoms with van der Waals surface area (Å²) in [7, 11) is 0. The van der Waals surface area contributed by atoms with Crippen LogP contribution in [0.25, 0.3) is 0 Å². The number of nitrogens with one attached hydrogen (secondary N) is 1. The minimum Gasteiger partial charge on any atom is -0.336 e. The quantitative estimate of drug-likeness (QED) is 0.892. The van der Waals surface area contributed by atoms with Gasteiger partial charge in [-0.15, -0.1) is 11.3 Å². The van der Waals surface area contributed by atoms with Crippen LogP contribution in [0.2, 0.25) is 0 Å². The molecule has 3 nitrogen and oxygen atoms in total. The van der Waals surface area contributed by atoms with Gasteiger partial charge in [0.25, 0.3) is 5.91 Å². The van der Waals surface area contributed by atoms with E-state index in [9.17, 15) is 4.79 Å². The minimum absolute atomic E-state index is 0.197. The summed E-state index contributed by atoms with van der Waals surface area (Å²) in [5.74, 6) is 0.197. The molecule has 1 aromatic rings. The van der Waals surface area contributed by atoms with Crippen LogP contribution in [0.5, 0.6) is 0 Å². The van der Waals surface area contributed by atoms with E-state index in [2.05, 4.69) is 12.2 Å². The highest BCUT2D eigenvalue weighted by Gasteiger charge is 2.24. The fourth-order valence-electron chi connectivity index (χ4n) is 2.23. The van der Waals surface area contributed by atoms with E-state index in [0.717, 1.165) is 37.4 Å². The van der Waals surface area contributed by atoms with Crippen molar-refractivity contribution >= 4 is 17.2 Å². The summed E-state index contributed by atoms with van der Waals surface area (Å²) in [6.45, 7) is 4.98. The zero-order valence-electron chi connectivity index (χ0n) is 10.3. The normalized spacial score (nSPS) is 20.5. The molecule has 1 saturated heterocycles. The summed E-state index contributed by atoms with van der Waals surface area (Å²) in [4.78, 5) is 15.0. The first-order chi connectivity index (χ1) is 8.31. The van der Waals surface area contributed by atoms with Crippen molar-refractivity contribution in [3.63, 3.8) is 0 Å². The number of thiophene rings is 1. The Balaban J connectivity index is 1.90. The molecule has 1 aliphatic rings. The molecule has 4 heteroatoms. The van der Waals surface area contributed by atoms with Gasteiger partial charge in [0, 0.05) is 19.1 Å². The van der Waals surface area contributed by atoms with Gasteiger partial charge in [-0.3, -0.25) is 4.79 Å². The zero-order valence-corrected chi connectivity index (χ0v) is 11.1. The Morgan fingerprint density at radius 1 is 1.65 bits per heavy atom. The molecule has 1 atom stereocenters. The molecule has 0 radical (unpaired) electrons. The molecule has 0 aliphatic carbocycles. The van der Waals surface area contributed by atoms with Crippen molar-refractivity contribution in [3.05, 3.63) is 22.4 Å². The highest BCUT2D eigenvalue weighted by Crippen LogP contribution is 2.16. The van der Waals surface area contributed by atoms with Crippen LogP contribution in [-0.2, 0) is 0 Å². The molecular formula is C13H20N2OS. The number of hydrogen-bond donors (Lipinski definition) is 1. The summed E-state index contributed by atoms with van der Waals surface area (Å²) in [6, 6.07) is 4.33. The lowest BCUT2D eigenvalue weighted by molar-refractivity contribution is 0.0700. The third kappa shape index (κ3) is 3.30. The first-order valence-electron chi connectivity index (χ1n) is 6.37. The van der Waals surface area contributed by atoms with Gasteiger partial charge in [0.05, 0.1) is 4.88 Å². The highest BCUT2D eigenvalue weighted by molar-refractivity contribution is 7.12. The molecule has 1 N–H and O–H groups in total. The number of carbonyl (C=O) groups is 1. The van der Waals surface area contributed by atoms with E-state index in [-0.39, 0.29) is 5.91 Å². The molecule has 0 spiro atoms. The molecule has 1 aromatic heterocycles. The van der Waals surface area contributed by atoms with Crippen LogP contribution in [0.4, 0.5) is 0 Å². The van der Waals surface area contributed by atoms with Gasteiger partial charge in [-0.2, -0.15) is 0 Å². The van der Waals surface area contributed by atoms with E-state index in [4.69, 9.17) is 0 Å². The number of carbonyl (C=O) groups excluding carboxylic acids is 1. The van der Waals surface area contributed by atoms with Crippen LogP contribution in [-0.4, -0.2) is 36.5 Å². The summed E-state index contributed by atoms with van der Waals surface area (Å²) in [5, 5.41) is 5.47. The van der Waals surface area contributed by atoms with Crippen LogP contribution in [0.15, 0.2) is 17.5 Å². The first kappa shape index (κ1) is 12.6. The van der Waals surface area contributed by atoms with Crippen molar-refractivity contribution in [2.45, 2.75) is 32.2 Å². The maximum absolute atomic E-state index is 12.2. The molecule has 2 rings (SSSR count). The van der Waals surface area contributed by atoms with E-state index in [1.807, 2.05) is 22.4 Å². The van der Waals surface area contributed by atoms with Gasteiger partial charge in [0.15, 0.2) is 0 Å². The third-order valence-electron chi connectivity index (χ3n) is 3.12. The molecule has 0 aromatic carbocycles. The number of rotatable bonds is 4. The Hall–Kier alpha value is -0.870. The average molecular weight is 252 g/mol. The fourth-order valence-corrected chi connectivity index (χ4v) is 2.92. The summed E-state index contributed by atoms with van der Waals surface area (Å²) in [5.41, 5.74) is 0. The van der Waals surface area contributed by atoms with Crippen molar-refractivity contribution in [1.29, 1.82) is 0 Å². The predicted octanol–water partition coefficient (Wildman–Crippen LogP) is 2.35. The second-order valence-electron chi connectivity index (χ2n) is 4.52. The summed E-state index contributed by atoms with van der Waals surface area (Å²) < 4.78 is 0. The summed E-state index contributed by atoms with van der Waals surface area (Å²) in [6.07, 6.45) is 3.45. The van der Waals surface area contributed by atoms with Gasteiger partial charge in [0.1, 0.15) is 0 Å². The van der Waals surface area contributed by atoms with E-state index in [1.54, 1.807) is 0 Å². The number of amides is 1. The molecule has 17 heavy (non-hydrogen) atoms. The molecular weight excluding hydrogens is 232 g/mol. The van der Waals surface area contributed by atoms with E-state index in [0.29, 0.717) is 6.04 Å². The number of likely N-dealkylation sites (tertiary alicyclic amines) is 1. The van der Waals surface area contributed by atoms with Crippen molar-refractivity contribution in [2.24, 2.45) is 0 Å². The zero-order chi connectivity index (χ0) is 12.1. The molecule has 0 bridgehead atoms. The van der Waals surface area contributed by atoms with E-state index >= 15 is 0 Å². The number of nitrogens with zero attached hydrogens (tertiary/aromatic N) is 1. The van der Waals surface area contributed by atoms with Crippen molar-refractivity contribution in [1.82, 2.24) is 10.2 Å². The van der Waals surface area contributed by atoms with Gasteiger partial charge in [-0.05, 0) is 37.3 Å². The first-order valence-corrected chi connectivity index (χ1v) is 7.25. The van der Waals surface area contributed by atoms with Crippen molar-refractivity contribution in [3.8, 4) is 0 Å². The van der Waals surface area contributed by atoms with Crippen LogP contribution < -0.4 is 5.32 Å². The number of hydrogen-bond acceptors (Lipinski definition) is 3. The molecule has 1 unspecified atom stereocenters. The molecule has 0 saturated carbocycles. The average Bonchev–Trinajstić information content (AvgIpc) is 2.89. The lowest BCUT2D eigenvalue weighted by Crippen LogP contribution is -2.48. The Kier molecular flexibility index (Phi) is 4.57. The largest absolute Gasteiger partial charge is 0.336 e. The van der Waals surface area contributed by atoms with Crippen LogP contribution in [0.1, 0.15) is 35.9 Å². The smallest absolute Gasteiger partial charge is 0.263 e. The van der Waals surface area contributed by atoms with Gasteiger partial charge in [-0.25, -0.2) is 0 Å². The molecule has 2 heterocycles. The van der Waals surface area contributed by atoms with Crippen LogP contribution >= 0.6 is 11.3 Å². The molecule has 94 valence electrons. The predicted molar refractivity (Wildman–Crippen MR) is 71.5 cm³/mol. The standard InChI is InChI=1S/C13H20N2OS/c1-2-7-14-11-5-3-8-15(10-11)13(16)12-6-4-9-17-12/h4,6,9,11,14H,2-3,5,7-8,10H2,1H3. The second kappa shape index (κ2) is 6.17. The van der Waals surface area contributed by atoms with E-state index in [1.165, 1.54) is 17.8 Å². The van der Waals surface area contributed by atoms with Crippen molar-refractivity contribution < 1.29 is 4.79 Å². The van der Waals surface area contributed by atoms with Gasteiger partial charge in [0.2, 0.25) is 0 Å². The maximum Gasteiger partial charge on any atom is 0.263 e. The lowest BCUT2D eigenvalue weighted by atomic mass is 10.1. The molecule has 1 amide bonds. The van der Waals surface area contributed by atoms with Gasteiger partial charge >= 0.3 is 0 Å². The van der Waals surface area contributed by atoms with Gasteiger partial charge < -0.3 is 10.2 Å². The monoisotopic (exact) mass is 252 g/mol. The Morgan fingerprint density at radius 3 is 3.24 bits per heavy atom. The van der Waals surface area contributed by atoms with E-state index < -0.39 is 0 Å². The second-order valence-corrected chi connectivity index (χ2v) is 5.47. The van der Waals surface area contributed by atoms with Crippen molar-refractivity contribution in [2.75, 3.05) is 19.6 Å². The van der Waals surface area contributed by atoms with Crippen LogP contribution in [0, 0.1) is 0 Å². The molecule has 1 aliphatic heterocycles. The fraction of sp³-hybridized carbons (Fsp3) is 0.615. The Bertz CT molecular complexity index is 350. The SMILES string of the molecule is CCCNC1CCCN(C(=O)c2cccs2)C1. The highest BCUT2D eigenvalue weighted by atomic mass is 32.1. The minimum atomic E-state index is 0.197. The third-order valence-corrected chi connectivity index (χ3v) is 3.98. The maximum atomic E-state index is 12.2. The number of piperidine rings is 1. The lowest BCUT2D eigenvalue weighted by Gasteiger charge is -2.33. The Morgan fingerprint density at radius 2 is 2.53 bits per heavy atom. The topological polar surface area (TPSA) is 32.3 Å². The van der Waals surface area contributed by atoms with Gasteiger partial charge in [-0.1, -0.05) is 13.0 Å².